The third-order valence-corrected chi connectivity index (χ3v) is 4.70. The van der Waals surface area contributed by atoms with Crippen LogP contribution in [0.5, 0.6) is 0 Å². The first-order valence-corrected chi connectivity index (χ1v) is 9.23. The van der Waals surface area contributed by atoms with Gasteiger partial charge in [-0.25, -0.2) is 9.79 Å². The summed E-state index contributed by atoms with van der Waals surface area (Å²) in [6.45, 7) is 3.85. The Bertz CT molecular complexity index is 741. The van der Waals surface area contributed by atoms with Crippen molar-refractivity contribution in [2.45, 2.75) is 19.9 Å². The topological polar surface area (TPSA) is 97.0 Å². The predicted molar refractivity (Wildman–Crippen MR) is 105 cm³/mol. The van der Waals surface area contributed by atoms with E-state index in [1.54, 1.807) is 13.8 Å². The van der Waals surface area contributed by atoms with Gasteiger partial charge in [-0.2, -0.15) is 0 Å². The average Bonchev–Trinajstić information content (AvgIpc) is 2.59. The molecule has 1 heterocycles. The number of anilines is 1. The van der Waals surface area contributed by atoms with Crippen molar-refractivity contribution < 1.29 is 14.3 Å². The largest absolute Gasteiger partial charge is 0.463 e. The van der Waals surface area contributed by atoms with Gasteiger partial charge >= 0.3 is 5.97 Å². The van der Waals surface area contributed by atoms with Crippen LogP contribution in [-0.2, 0) is 14.3 Å². The summed E-state index contributed by atoms with van der Waals surface area (Å²) < 4.78 is 5.20. The van der Waals surface area contributed by atoms with Crippen LogP contribution in [0, 0.1) is 0 Å². The number of hydrogen-bond acceptors (Lipinski definition) is 7. The van der Waals surface area contributed by atoms with E-state index in [0.717, 1.165) is 11.3 Å². The second-order valence-corrected chi connectivity index (χ2v) is 6.93. The molecule has 0 bridgehead atoms. The van der Waals surface area contributed by atoms with E-state index in [2.05, 4.69) is 10.3 Å². The van der Waals surface area contributed by atoms with Crippen LogP contribution in [0.2, 0.25) is 0 Å². The van der Waals surface area contributed by atoms with Gasteiger partial charge in [0.15, 0.2) is 5.17 Å². The molecule has 1 atom stereocenters. The van der Waals surface area contributed by atoms with E-state index in [4.69, 9.17) is 10.5 Å². The Hall–Kier alpha value is -2.48. The molecule has 26 heavy (non-hydrogen) atoms. The van der Waals surface area contributed by atoms with Crippen molar-refractivity contribution in [3.05, 3.63) is 41.1 Å². The lowest BCUT2D eigenvalue weighted by atomic mass is 9.96. The molecule has 1 aromatic rings. The SMILES string of the molecule is CCOC(=O)C1=C(C)NC(SCC(N)=O)=N[C@@H]1c1ccc(N(C)C)cc1. The summed E-state index contributed by atoms with van der Waals surface area (Å²) in [5.74, 6) is -0.716. The minimum absolute atomic E-state index is 0.111. The molecule has 140 valence electrons. The summed E-state index contributed by atoms with van der Waals surface area (Å²) in [5.41, 5.74) is 8.26. The number of carbonyl (C=O) groups is 2. The maximum absolute atomic E-state index is 12.5. The molecule has 1 amide bonds. The number of aliphatic imine (C=N–C) groups is 1. The Balaban J connectivity index is 2.39. The first-order chi connectivity index (χ1) is 12.3. The van der Waals surface area contributed by atoms with Crippen molar-refractivity contribution in [2.75, 3.05) is 31.4 Å². The quantitative estimate of drug-likeness (QED) is 0.735. The molecule has 0 unspecified atom stereocenters. The van der Waals surface area contributed by atoms with E-state index in [9.17, 15) is 9.59 Å². The fourth-order valence-electron chi connectivity index (χ4n) is 2.53. The fourth-order valence-corrected chi connectivity index (χ4v) is 3.21. The van der Waals surface area contributed by atoms with Crippen LogP contribution in [0.15, 0.2) is 40.5 Å². The van der Waals surface area contributed by atoms with Crippen LogP contribution in [0.4, 0.5) is 5.69 Å². The maximum Gasteiger partial charge on any atom is 0.338 e. The highest BCUT2D eigenvalue weighted by molar-refractivity contribution is 8.14. The lowest BCUT2D eigenvalue weighted by Gasteiger charge is -2.26. The fraction of sp³-hybridized carbons (Fsp3) is 0.389. The molecule has 1 aliphatic rings. The van der Waals surface area contributed by atoms with Crippen LogP contribution in [0.25, 0.3) is 0 Å². The zero-order chi connectivity index (χ0) is 19.3. The van der Waals surface area contributed by atoms with E-state index >= 15 is 0 Å². The van der Waals surface area contributed by atoms with Gasteiger partial charge in [-0.1, -0.05) is 23.9 Å². The molecule has 0 aromatic heterocycles. The second kappa shape index (κ2) is 8.75. The van der Waals surface area contributed by atoms with Gasteiger partial charge in [-0.05, 0) is 31.5 Å². The van der Waals surface area contributed by atoms with Crippen LogP contribution in [-0.4, -0.2) is 43.5 Å². The van der Waals surface area contributed by atoms with Gasteiger partial charge in [0, 0.05) is 25.5 Å². The second-order valence-electron chi connectivity index (χ2n) is 5.96. The smallest absolute Gasteiger partial charge is 0.338 e. The lowest BCUT2D eigenvalue weighted by molar-refractivity contribution is -0.139. The highest BCUT2D eigenvalue weighted by atomic mass is 32.2. The monoisotopic (exact) mass is 376 g/mol. The number of hydrogen-bond donors (Lipinski definition) is 2. The molecule has 0 saturated carbocycles. The number of amides is 1. The normalized spacial score (nSPS) is 16.6. The molecule has 2 rings (SSSR count). The summed E-state index contributed by atoms with van der Waals surface area (Å²) in [7, 11) is 3.93. The standard InChI is InChI=1S/C18H24N4O3S/c1-5-25-17(24)15-11(2)20-18(26-10-14(19)23)21-16(15)12-6-8-13(9-7-12)22(3)4/h6-9,16H,5,10H2,1-4H3,(H2,19,23)(H,20,21)/t16-/m1/s1. The van der Waals surface area contributed by atoms with Gasteiger partial charge in [-0.15, -0.1) is 0 Å². The molecule has 0 fully saturated rings. The molecule has 8 heteroatoms. The Morgan fingerprint density at radius 1 is 1.31 bits per heavy atom. The summed E-state index contributed by atoms with van der Waals surface area (Å²) in [4.78, 5) is 30.1. The minimum Gasteiger partial charge on any atom is -0.463 e. The third-order valence-electron chi connectivity index (χ3n) is 3.79. The van der Waals surface area contributed by atoms with E-state index in [1.807, 2.05) is 43.3 Å². The molecule has 0 aliphatic carbocycles. The first kappa shape index (κ1) is 19.8. The molecular weight excluding hydrogens is 352 g/mol. The number of primary amides is 1. The first-order valence-electron chi connectivity index (χ1n) is 8.24. The van der Waals surface area contributed by atoms with Crippen molar-refractivity contribution in [1.29, 1.82) is 0 Å². The number of rotatable bonds is 6. The summed E-state index contributed by atoms with van der Waals surface area (Å²) in [6, 6.07) is 7.33. The highest BCUT2D eigenvalue weighted by Gasteiger charge is 2.30. The maximum atomic E-state index is 12.5. The number of nitrogens with zero attached hydrogens (tertiary/aromatic N) is 2. The van der Waals surface area contributed by atoms with Crippen LogP contribution >= 0.6 is 11.8 Å². The molecule has 3 N–H and O–H groups in total. The number of amidine groups is 1. The Morgan fingerprint density at radius 2 is 1.96 bits per heavy atom. The number of nitrogens with two attached hydrogens (primary N) is 1. The summed E-state index contributed by atoms with van der Waals surface area (Å²) in [5, 5.41) is 3.62. The number of thioether (sulfide) groups is 1. The van der Waals surface area contributed by atoms with E-state index < -0.39 is 17.9 Å². The van der Waals surface area contributed by atoms with Crippen LogP contribution < -0.4 is 16.0 Å². The van der Waals surface area contributed by atoms with Gasteiger partial charge in [0.05, 0.1) is 17.9 Å². The molecule has 7 nitrogen and oxygen atoms in total. The van der Waals surface area contributed by atoms with Gasteiger partial charge in [-0.3, -0.25) is 4.79 Å². The van der Waals surface area contributed by atoms with Crippen molar-refractivity contribution in [2.24, 2.45) is 10.7 Å². The zero-order valence-corrected chi connectivity index (χ0v) is 16.2. The Labute approximate surface area is 157 Å². The molecule has 1 aromatic carbocycles. The van der Waals surface area contributed by atoms with E-state index in [1.165, 1.54) is 11.8 Å². The van der Waals surface area contributed by atoms with Gasteiger partial charge in [0.2, 0.25) is 5.91 Å². The Morgan fingerprint density at radius 3 is 2.50 bits per heavy atom. The molecular formula is C18H24N4O3S. The van der Waals surface area contributed by atoms with Crippen molar-refractivity contribution >= 4 is 34.5 Å². The lowest BCUT2D eigenvalue weighted by Crippen LogP contribution is -2.31. The van der Waals surface area contributed by atoms with Crippen molar-refractivity contribution in [3.8, 4) is 0 Å². The predicted octanol–water partition coefficient (Wildman–Crippen LogP) is 1.81. The van der Waals surface area contributed by atoms with Crippen LogP contribution in [0.1, 0.15) is 25.5 Å². The number of esters is 1. The number of ether oxygens (including phenoxy) is 1. The van der Waals surface area contributed by atoms with E-state index in [-0.39, 0.29) is 12.4 Å². The van der Waals surface area contributed by atoms with Crippen LogP contribution in [0.3, 0.4) is 0 Å². The summed E-state index contributed by atoms with van der Waals surface area (Å²) >= 11 is 1.21. The molecule has 0 saturated heterocycles. The number of allylic oxidation sites excluding steroid dienone is 1. The summed E-state index contributed by atoms with van der Waals surface area (Å²) in [6.07, 6.45) is 0. The Kier molecular flexibility index (Phi) is 6.68. The van der Waals surface area contributed by atoms with E-state index in [0.29, 0.717) is 16.4 Å². The number of nitrogens with one attached hydrogen (secondary N) is 1. The van der Waals surface area contributed by atoms with Gasteiger partial charge in [0.1, 0.15) is 6.04 Å². The zero-order valence-electron chi connectivity index (χ0n) is 15.4. The average molecular weight is 376 g/mol. The minimum atomic E-state index is -0.498. The van der Waals surface area contributed by atoms with Crippen molar-refractivity contribution in [3.63, 3.8) is 0 Å². The molecule has 0 spiro atoms. The number of benzene rings is 1. The molecule has 0 radical (unpaired) electrons. The van der Waals surface area contributed by atoms with Gasteiger partial charge < -0.3 is 20.7 Å². The third kappa shape index (κ3) is 4.78. The molecule has 1 aliphatic heterocycles. The number of carbonyl (C=O) groups excluding carboxylic acids is 2. The van der Waals surface area contributed by atoms with Crippen molar-refractivity contribution in [1.82, 2.24) is 5.32 Å². The van der Waals surface area contributed by atoms with Gasteiger partial charge in [0.25, 0.3) is 0 Å². The highest BCUT2D eigenvalue weighted by Crippen LogP contribution is 2.33.